The van der Waals surface area contributed by atoms with Gasteiger partial charge >= 0.3 is 6.18 Å². The molecule has 0 bridgehead atoms. The summed E-state index contributed by atoms with van der Waals surface area (Å²) in [6, 6.07) is 9.17. The van der Waals surface area contributed by atoms with Crippen LogP contribution in [0, 0.1) is 0 Å². The van der Waals surface area contributed by atoms with Crippen LogP contribution in [0.3, 0.4) is 0 Å². The molecule has 1 aliphatic rings. The fourth-order valence-corrected chi connectivity index (χ4v) is 2.27. The summed E-state index contributed by atoms with van der Waals surface area (Å²) in [6.07, 6.45) is -3.55. The molecular weight excluding hydrogens is 241 g/mol. The van der Waals surface area contributed by atoms with Crippen molar-refractivity contribution in [2.75, 3.05) is 13.1 Å². The molecule has 1 fully saturated rings. The third-order valence-electron chi connectivity index (χ3n) is 3.40. The van der Waals surface area contributed by atoms with Crippen LogP contribution in [0.1, 0.15) is 18.4 Å². The maximum absolute atomic E-state index is 13.2. The predicted molar refractivity (Wildman–Crippen MR) is 64.2 cm³/mol. The second-order valence-electron chi connectivity index (χ2n) is 4.70. The molecule has 0 spiro atoms. The molecule has 1 aromatic rings. The first-order chi connectivity index (χ1) is 8.54. The van der Waals surface area contributed by atoms with Crippen LogP contribution in [0.5, 0.6) is 0 Å². The lowest BCUT2D eigenvalue weighted by atomic mass is 9.89. The summed E-state index contributed by atoms with van der Waals surface area (Å²) in [5, 5.41) is 5.54. The lowest BCUT2D eigenvalue weighted by Gasteiger charge is -2.40. The van der Waals surface area contributed by atoms with Crippen molar-refractivity contribution in [1.29, 1.82) is 0 Å². The molecule has 0 radical (unpaired) electrons. The fraction of sp³-hybridized carbons (Fsp3) is 0.538. The lowest BCUT2D eigenvalue weighted by Crippen LogP contribution is -2.64. The van der Waals surface area contributed by atoms with E-state index in [1.807, 2.05) is 30.3 Å². The molecule has 5 heteroatoms. The topological polar surface area (TPSA) is 24.1 Å². The Labute approximate surface area is 105 Å². The van der Waals surface area contributed by atoms with Crippen LogP contribution < -0.4 is 10.6 Å². The summed E-state index contributed by atoms with van der Waals surface area (Å²) >= 11 is 0. The second-order valence-corrected chi connectivity index (χ2v) is 4.70. The third-order valence-corrected chi connectivity index (χ3v) is 3.40. The van der Waals surface area contributed by atoms with Gasteiger partial charge in [-0.15, -0.1) is 0 Å². The van der Waals surface area contributed by atoms with Gasteiger partial charge in [-0.05, 0) is 24.9 Å². The quantitative estimate of drug-likeness (QED) is 0.870. The fourth-order valence-electron chi connectivity index (χ4n) is 2.27. The molecule has 1 heterocycles. The smallest absolute Gasteiger partial charge is 0.315 e. The van der Waals surface area contributed by atoms with Crippen molar-refractivity contribution in [1.82, 2.24) is 10.6 Å². The van der Waals surface area contributed by atoms with Crippen molar-refractivity contribution in [3.8, 4) is 0 Å². The van der Waals surface area contributed by atoms with Gasteiger partial charge in [-0.25, -0.2) is 0 Å². The standard InChI is InChI=1S/C13H17F3N2/c14-13(15,16)12(7-4-8-17-10-12)18-9-11-5-2-1-3-6-11/h1-3,5-6,17-18H,4,7-10H2. The zero-order valence-corrected chi connectivity index (χ0v) is 10.1. The van der Waals surface area contributed by atoms with Crippen molar-refractivity contribution in [3.05, 3.63) is 35.9 Å². The Morgan fingerprint density at radius 1 is 1.22 bits per heavy atom. The number of hydrogen-bond acceptors (Lipinski definition) is 2. The molecule has 1 aliphatic heterocycles. The van der Waals surface area contributed by atoms with Crippen LogP contribution in [-0.2, 0) is 6.54 Å². The number of benzene rings is 1. The van der Waals surface area contributed by atoms with Gasteiger partial charge in [0.1, 0.15) is 5.54 Å². The van der Waals surface area contributed by atoms with Gasteiger partial charge in [-0.2, -0.15) is 13.2 Å². The van der Waals surface area contributed by atoms with Crippen LogP contribution in [0.15, 0.2) is 30.3 Å². The van der Waals surface area contributed by atoms with Gasteiger partial charge in [0.15, 0.2) is 0 Å². The van der Waals surface area contributed by atoms with Crippen molar-refractivity contribution >= 4 is 0 Å². The van der Waals surface area contributed by atoms with Crippen LogP contribution in [0.4, 0.5) is 13.2 Å². The highest BCUT2D eigenvalue weighted by atomic mass is 19.4. The molecule has 1 aromatic carbocycles. The third kappa shape index (κ3) is 2.84. The first-order valence-electron chi connectivity index (χ1n) is 6.10. The summed E-state index contributed by atoms with van der Waals surface area (Å²) in [7, 11) is 0. The van der Waals surface area contributed by atoms with Gasteiger partial charge in [0.25, 0.3) is 0 Å². The zero-order chi connectivity index (χ0) is 13.1. The molecule has 2 N–H and O–H groups in total. The zero-order valence-electron chi connectivity index (χ0n) is 10.1. The summed E-state index contributed by atoms with van der Waals surface area (Å²) in [5.74, 6) is 0. The van der Waals surface area contributed by atoms with E-state index in [1.165, 1.54) is 0 Å². The van der Waals surface area contributed by atoms with E-state index in [1.54, 1.807) is 0 Å². The number of nitrogens with one attached hydrogen (secondary N) is 2. The van der Waals surface area contributed by atoms with Crippen LogP contribution in [-0.4, -0.2) is 24.8 Å². The molecule has 2 nitrogen and oxygen atoms in total. The van der Waals surface area contributed by atoms with E-state index < -0.39 is 11.7 Å². The number of hydrogen-bond donors (Lipinski definition) is 2. The summed E-state index contributed by atoms with van der Waals surface area (Å²) < 4.78 is 39.6. The second kappa shape index (κ2) is 5.28. The van der Waals surface area contributed by atoms with Gasteiger partial charge in [0, 0.05) is 13.1 Å². The monoisotopic (exact) mass is 258 g/mol. The van der Waals surface area contributed by atoms with E-state index in [-0.39, 0.29) is 19.5 Å². The van der Waals surface area contributed by atoms with Gasteiger partial charge in [-0.1, -0.05) is 30.3 Å². The predicted octanol–water partition coefficient (Wildman–Crippen LogP) is 2.46. The molecule has 0 amide bonds. The number of alkyl halides is 3. The summed E-state index contributed by atoms with van der Waals surface area (Å²) in [6.45, 7) is 0.843. The van der Waals surface area contributed by atoms with E-state index in [0.29, 0.717) is 13.0 Å². The highest BCUT2D eigenvalue weighted by Gasteiger charge is 2.54. The van der Waals surface area contributed by atoms with Crippen molar-refractivity contribution in [3.63, 3.8) is 0 Å². The van der Waals surface area contributed by atoms with Crippen LogP contribution >= 0.6 is 0 Å². The molecule has 0 saturated carbocycles. The molecular formula is C13H17F3N2. The lowest BCUT2D eigenvalue weighted by molar-refractivity contribution is -0.201. The first-order valence-corrected chi connectivity index (χ1v) is 6.10. The Kier molecular flexibility index (Phi) is 3.92. The minimum atomic E-state index is -4.23. The molecule has 100 valence electrons. The maximum atomic E-state index is 13.2. The van der Waals surface area contributed by atoms with E-state index in [0.717, 1.165) is 5.56 Å². The van der Waals surface area contributed by atoms with E-state index >= 15 is 0 Å². The van der Waals surface area contributed by atoms with E-state index in [2.05, 4.69) is 10.6 Å². The highest BCUT2D eigenvalue weighted by molar-refractivity contribution is 5.15. The van der Waals surface area contributed by atoms with Gasteiger partial charge in [-0.3, -0.25) is 5.32 Å². The maximum Gasteiger partial charge on any atom is 0.407 e. The largest absolute Gasteiger partial charge is 0.407 e. The minimum absolute atomic E-state index is 0.0522. The Morgan fingerprint density at radius 2 is 1.94 bits per heavy atom. The average Bonchev–Trinajstić information content (AvgIpc) is 2.37. The highest BCUT2D eigenvalue weighted by Crippen LogP contribution is 2.35. The molecule has 1 unspecified atom stereocenters. The SMILES string of the molecule is FC(F)(F)C1(NCc2ccccc2)CCCNC1. The normalized spacial score (nSPS) is 25.1. The van der Waals surface area contributed by atoms with Gasteiger partial charge < -0.3 is 5.32 Å². The molecule has 0 aliphatic carbocycles. The Balaban J connectivity index is 2.06. The van der Waals surface area contributed by atoms with E-state index in [4.69, 9.17) is 0 Å². The van der Waals surface area contributed by atoms with E-state index in [9.17, 15) is 13.2 Å². The Morgan fingerprint density at radius 3 is 2.50 bits per heavy atom. The Bertz CT molecular complexity index is 370. The molecule has 2 rings (SSSR count). The first kappa shape index (κ1) is 13.4. The van der Waals surface area contributed by atoms with Gasteiger partial charge in [0.05, 0.1) is 0 Å². The van der Waals surface area contributed by atoms with Crippen LogP contribution in [0.2, 0.25) is 0 Å². The van der Waals surface area contributed by atoms with Crippen molar-refractivity contribution in [2.24, 2.45) is 0 Å². The summed E-state index contributed by atoms with van der Waals surface area (Å²) in [5.41, 5.74) is -0.923. The van der Waals surface area contributed by atoms with Crippen molar-refractivity contribution < 1.29 is 13.2 Å². The molecule has 18 heavy (non-hydrogen) atoms. The minimum Gasteiger partial charge on any atom is -0.315 e. The summed E-state index contributed by atoms with van der Waals surface area (Å²) in [4.78, 5) is 0. The van der Waals surface area contributed by atoms with Gasteiger partial charge in [0.2, 0.25) is 0 Å². The number of piperidine rings is 1. The Hall–Kier alpha value is -1.07. The molecule has 1 atom stereocenters. The van der Waals surface area contributed by atoms with Crippen LogP contribution in [0.25, 0.3) is 0 Å². The molecule has 0 aromatic heterocycles. The number of rotatable bonds is 3. The molecule has 1 saturated heterocycles. The average molecular weight is 258 g/mol. The van der Waals surface area contributed by atoms with Crippen molar-refractivity contribution in [2.45, 2.75) is 31.1 Å². The number of halogens is 3.